The molecule has 0 saturated carbocycles. The van der Waals surface area contributed by atoms with Gasteiger partial charge in [-0.05, 0) is 12.1 Å². The molecule has 1 rings (SSSR count). The van der Waals surface area contributed by atoms with E-state index in [1.807, 2.05) is 0 Å². The number of sulfone groups is 1. The van der Waals surface area contributed by atoms with Crippen molar-refractivity contribution in [2.75, 3.05) is 5.75 Å². The first kappa shape index (κ1) is 9.41. The van der Waals surface area contributed by atoms with Crippen LogP contribution in [-0.2, 0) is 14.6 Å². The molecule has 0 aromatic carbocycles. The predicted molar refractivity (Wildman–Crippen MR) is 46.8 cm³/mol. The Hall–Kier alpha value is -0.680. The lowest BCUT2D eigenvalue weighted by Crippen LogP contribution is -2.00. The van der Waals surface area contributed by atoms with Gasteiger partial charge in [0.15, 0.2) is 9.84 Å². The van der Waals surface area contributed by atoms with Crippen molar-refractivity contribution in [1.82, 2.24) is 0 Å². The Kier molecular flexibility index (Phi) is 2.64. The predicted octanol–water partition coefficient (Wildman–Crippen LogP) is 1.000. The number of hydrogen-bond donors (Lipinski definition) is 0. The summed E-state index contributed by atoms with van der Waals surface area (Å²) in [6, 6.07) is 2.89. The fourth-order valence-electron chi connectivity index (χ4n) is 0.684. The van der Waals surface area contributed by atoms with E-state index in [2.05, 4.69) is 0 Å². The van der Waals surface area contributed by atoms with Gasteiger partial charge in [-0.3, -0.25) is 4.79 Å². The Bertz CT molecular complexity index is 375. The molecular formula is C7H7O3S2. The van der Waals surface area contributed by atoms with Gasteiger partial charge in [0.05, 0.1) is 10.6 Å². The highest BCUT2D eigenvalue weighted by atomic mass is 32.2. The minimum absolute atomic E-state index is 0.0613. The normalized spacial score (nSPS) is 11.4. The second-order valence-electron chi connectivity index (χ2n) is 2.12. The molecule has 0 aliphatic heterocycles. The molecule has 1 aromatic rings. The fraction of sp³-hybridized carbons (Fsp3) is 0.286. The van der Waals surface area contributed by atoms with Gasteiger partial charge in [-0.1, -0.05) is 6.92 Å². The van der Waals surface area contributed by atoms with Crippen LogP contribution in [0.3, 0.4) is 0 Å². The summed E-state index contributed by atoms with van der Waals surface area (Å²) in [6.45, 7) is 1.57. The van der Waals surface area contributed by atoms with Crippen LogP contribution in [0.5, 0.6) is 0 Å². The van der Waals surface area contributed by atoms with Crippen molar-refractivity contribution in [2.24, 2.45) is 0 Å². The molecule has 0 atom stereocenters. The lowest BCUT2D eigenvalue weighted by Gasteiger charge is -1.93. The van der Waals surface area contributed by atoms with Crippen LogP contribution in [0.15, 0.2) is 16.3 Å². The van der Waals surface area contributed by atoms with Gasteiger partial charge in [0.25, 0.3) is 0 Å². The van der Waals surface area contributed by atoms with E-state index in [1.54, 1.807) is 13.2 Å². The van der Waals surface area contributed by atoms with Crippen LogP contribution in [-0.4, -0.2) is 20.5 Å². The maximum atomic E-state index is 11.2. The van der Waals surface area contributed by atoms with E-state index < -0.39 is 9.84 Å². The van der Waals surface area contributed by atoms with Crippen LogP contribution in [0.4, 0.5) is 0 Å². The van der Waals surface area contributed by atoms with E-state index >= 15 is 0 Å². The van der Waals surface area contributed by atoms with Gasteiger partial charge in [-0.2, -0.15) is 0 Å². The Morgan fingerprint density at radius 3 is 2.58 bits per heavy atom. The molecule has 0 N–H and O–H groups in total. The van der Waals surface area contributed by atoms with Crippen LogP contribution in [0.25, 0.3) is 0 Å². The molecule has 0 aliphatic rings. The molecule has 1 heterocycles. The standard InChI is InChI=1S/C7H7O3S2/c1-2-12(9,10)7-4-3-6(5-8)11-7/h3-4H,2H2,1H3. The summed E-state index contributed by atoms with van der Waals surface area (Å²) in [6.07, 6.45) is 1.65. The van der Waals surface area contributed by atoms with Gasteiger partial charge >= 0.3 is 0 Å². The van der Waals surface area contributed by atoms with E-state index in [-0.39, 0.29) is 9.96 Å². The van der Waals surface area contributed by atoms with Crippen LogP contribution < -0.4 is 0 Å². The Morgan fingerprint density at radius 2 is 2.17 bits per heavy atom. The highest BCUT2D eigenvalue weighted by Crippen LogP contribution is 2.20. The number of rotatable bonds is 3. The summed E-state index contributed by atoms with van der Waals surface area (Å²) in [5.41, 5.74) is 0. The molecule has 5 heteroatoms. The molecule has 1 radical (unpaired) electrons. The highest BCUT2D eigenvalue weighted by molar-refractivity contribution is 7.93. The zero-order valence-corrected chi connectivity index (χ0v) is 8.04. The Morgan fingerprint density at radius 1 is 1.50 bits per heavy atom. The third kappa shape index (κ3) is 1.73. The second kappa shape index (κ2) is 3.37. The zero-order chi connectivity index (χ0) is 9.19. The summed E-state index contributed by atoms with van der Waals surface area (Å²) >= 11 is 0.953. The van der Waals surface area contributed by atoms with Crippen molar-refractivity contribution < 1.29 is 13.2 Å². The van der Waals surface area contributed by atoms with Gasteiger partial charge in [-0.15, -0.1) is 11.3 Å². The fourth-order valence-corrected chi connectivity index (χ4v) is 2.91. The number of thiophene rings is 1. The van der Waals surface area contributed by atoms with E-state index in [0.29, 0.717) is 4.88 Å². The van der Waals surface area contributed by atoms with Gasteiger partial charge in [0, 0.05) is 0 Å². The van der Waals surface area contributed by atoms with Crippen molar-refractivity contribution in [2.45, 2.75) is 11.1 Å². The quantitative estimate of drug-likeness (QED) is 0.736. The van der Waals surface area contributed by atoms with Crippen LogP contribution in [0.1, 0.15) is 11.8 Å². The Labute approximate surface area is 75.0 Å². The van der Waals surface area contributed by atoms with E-state index in [1.165, 1.54) is 12.1 Å². The highest BCUT2D eigenvalue weighted by Gasteiger charge is 2.13. The minimum Gasteiger partial charge on any atom is -0.284 e. The first-order valence-corrected chi connectivity index (χ1v) is 5.78. The van der Waals surface area contributed by atoms with E-state index in [9.17, 15) is 13.2 Å². The lowest BCUT2D eigenvalue weighted by atomic mass is 10.5. The van der Waals surface area contributed by atoms with Gasteiger partial charge in [0.1, 0.15) is 4.21 Å². The molecule has 0 aliphatic carbocycles. The van der Waals surface area contributed by atoms with Gasteiger partial charge in [0.2, 0.25) is 6.29 Å². The van der Waals surface area contributed by atoms with E-state index in [4.69, 9.17) is 0 Å². The molecule has 0 spiro atoms. The summed E-state index contributed by atoms with van der Waals surface area (Å²) < 4.78 is 22.7. The molecule has 0 fully saturated rings. The number of hydrogen-bond acceptors (Lipinski definition) is 4. The minimum atomic E-state index is -3.15. The van der Waals surface area contributed by atoms with Crippen molar-refractivity contribution in [3.05, 3.63) is 17.0 Å². The lowest BCUT2D eigenvalue weighted by molar-refractivity contribution is 0.563. The topological polar surface area (TPSA) is 51.2 Å². The monoisotopic (exact) mass is 203 g/mol. The molecular weight excluding hydrogens is 196 g/mol. The molecule has 0 saturated heterocycles. The molecule has 3 nitrogen and oxygen atoms in total. The summed E-state index contributed by atoms with van der Waals surface area (Å²) in [7, 11) is -3.15. The van der Waals surface area contributed by atoms with Crippen LogP contribution >= 0.6 is 11.3 Å². The van der Waals surface area contributed by atoms with Crippen LogP contribution in [0.2, 0.25) is 0 Å². The average Bonchev–Trinajstić information content (AvgIpc) is 2.52. The largest absolute Gasteiger partial charge is 0.284 e. The maximum Gasteiger partial charge on any atom is 0.244 e. The maximum absolute atomic E-state index is 11.2. The summed E-state index contributed by atoms with van der Waals surface area (Å²) in [5.74, 6) is 0.0613. The first-order valence-electron chi connectivity index (χ1n) is 3.31. The molecule has 0 amide bonds. The third-order valence-electron chi connectivity index (χ3n) is 1.37. The SMILES string of the molecule is CCS(=O)(=O)c1ccc([C]=O)s1. The average molecular weight is 203 g/mol. The Balaban J connectivity index is 3.13. The first-order chi connectivity index (χ1) is 5.60. The van der Waals surface area contributed by atoms with Crippen molar-refractivity contribution in [1.29, 1.82) is 0 Å². The van der Waals surface area contributed by atoms with Crippen molar-refractivity contribution in [3.8, 4) is 0 Å². The van der Waals surface area contributed by atoms with E-state index in [0.717, 1.165) is 11.3 Å². The van der Waals surface area contributed by atoms with Crippen molar-refractivity contribution >= 4 is 27.5 Å². The smallest absolute Gasteiger partial charge is 0.244 e. The third-order valence-corrected chi connectivity index (χ3v) is 4.67. The van der Waals surface area contributed by atoms with Gasteiger partial charge < -0.3 is 0 Å². The van der Waals surface area contributed by atoms with Crippen molar-refractivity contribution in [3.63, 3.8) is 0 Å². The zero-order valence-electron chi connectivity index (χ0n) is 6.40. The van der Waals surface area contributed by atoms with Gasteiger partial charge in [-0.25, -0.2) is 8.42 Å². The van der Waals surface area contributed by atoms with Crippen LogP contribution in [0, 0.1) is 0 Å². The molecule has 0 bridgehead atoms. The molecule has 0 unspecified atom stereocenters. The summed E-state index contributed by atoms with van der Waals surface area (Å²) in [4.78, 5) is 10.4. The summed E-state index contributed by atoms with van der Waals surface area (Å²) in [5, 5.41) is 0. The molecule has 65 valence electrons. The molecule has 1 aromatic heterocycles. The second-order valence-corrected chi connectivity index (χ2v) is 5.71. The molecule has 12 heavy (non-hydrogen) atoms. The number of carbonyl (C=O) groups excluding carboxylic acids is 1.